The maximum Gasteiger partial charge on any atom is 0.411 e. The highest BCUT2D eigenvalue weighted by molar-refractivity contribution is 7.99. The fraction of sp³-hybridized carbons (Fsp3) is 0.360. The number of likely N-dealkylation sites (tertiary alicyclic amines) is 1. The minimum absolute atomic E-state index is 0.0366. The Hall–Kier alpha value is -2.91. The normalized spacial score (nSPS) is 21.0. The van der Waals surface area contributed by atoms with E-state index in [-0.39, 0.29) is 30.2 Å². The molecule has 2 saturated heterocycles. The molecule has 0 saturated carbocycles. The van der Waals surface area contributed by atoms with Crippen LogP contribution in [0.3, 0.4) is 0 Å². The van der Waals surface area contributed by atoms with Crippen LogP contribution in [0.2, 0.25) is 0 Å². The number of nitrogens with zero attached hydrogens (tertiary/aromatic N) is 4. The van der Waals surface area contributed by atoms with Crippen molar-refractivity contribution in [2.45, 2.75) is 43.1 Å². The van der Waals surface area contributed by atoms with Gasteiger partial charge in [0.1, 0.15) is 6.10 Å². The van der Waals surface area contributed by atoms with Gasteiger partial charge in [-0.15, -0.1) is 11.3 Å². The summed E-state index contributed by atoms with van der Waals surface area (Å²) < 4.78 is 5.71. The number of ether oxygens (including phenoxy) is 1. The minimum atomic E-state index is -0.260. The highest BCUT2D eigenvalue weighted by atomic mass is 32.2. The van der Waals surface area contributed by atoms with Crippen LogP contribution in [-0.2, 0) is 9.53 Å². The topological polar surface area (TPSA) is 75.6 Å². The molecule has 0 N–H and O–H groups in total. The maximum absolute atomic E-state index is 12.8. The Morgan fingerprint density at radius 2 is 1.94 bits per heavy atom. The lowest BCUT2D eigenvalue weighted by Gasteiger charge is -2.37. The van der Waals surface area contributed by atoms with Crippen molar-refractivity contribution >= 4 is 35.1 Å². The molecule has 0 bridgehead atoms. The van der Waals surface area contributed by atoms with Crippen LogP contribution in [0.1, 0.15) is 31.4 Å². The summed E-state index contributed by atoms with van der Waals surface area (Å²) in [6.07, 6.45) is 2.72. The quantitative estimate of drug-likeness (QED) is 0.360. The van der Waals surface area contributed by atoms with Gasteiger partial charge in [0.25, 0.3) is 0 Å². The summed E-state index contributed by atoms with van der Waals surface area (Å²) in [4.78, 5) is 39.2. The van der Waals surface area contributed by atoms with Crippen LogP contribution in [0.25, 0.3) is 10.6 Å². The zero-order valence-corrected chi connectivity index (χ0v) is 20.5. The second-order valence-corrected chi connectivity index (χ2v) is 10.4. The molecule has 0 aliphatic carbocycles. The number of carbonyl (C=O) groups is 2. The lowest BCUT2D eigenvalue weighted by Crippen LogP contribution is -2.49. The summed E-state index contributed by atoms with van der Waals surface area (Å²) in [5.74, 6) is 0.379. The number of cyclic esters (lactones) is 1. The van der Waals surface area contributed by atoms with Crippen LogP contribution >= 0.6 is 23.1 Å². The Morgan fingerprint density at radius 3 is 2.68 bits per heavy atom. The van der Waals surface area contributed by atoms with E-state index in [4.69, 9.17) is 4.74 Å². The Morgan fingerprint density at radius 1 is 1.15 bits per heavy atom. The second-order valence-electron chi connectivity index (χ2n) is 8.47. The monoisotopic (exact) mass is 494 g/mol. The molecule has 0 radical (unpaired) electrons. The van der Waals surface area contributed by atoms with Gasteiger partial charge < -0.3 is 9.64 Å². The highest BCUT2D eigenvalue weighted by Gasteiger charge is 2.44. The smallest absolute Gasteiger partial charge is 0.411 e. The van der Waals surface area contributed by atoms with Crippen molar-refractivity contribution in [2.75, 3.05) is 18.8 Å². The molecule has 9 heteroatoms. The molecule has 2 atom stereocenters. The molecule has 2 unspecified atom stereocenters. The maximum atomic E-state index is 12.8. The van der Waals surface area contributed by atoms with Crippen LogP contribution in [-0.4, -0.2) is 62.7 Å². The Kier molecular flexibility index (Phi) is 6.82. The van der Waals surface area contributed by atoms with Gasteiger partial charge in [0.2, 0.25) is 5.91 Å². The first kappa shape index (κ1) is 22.9. The Bertz CT molecular complexity index is 1130. The fourth-order valence-corrected chi connectivity index (χ4v) is 6.06. The van der Waals surface area contributed by atoms with Gasteiger partial charge in [-0.05, 0) is 42.8 Å². The van der Waals surface area contributed by atoms with Gasteiger partial charge in [-0.2, -0.15) is 0 Å². The summed E-state index contributed by atoms with van der Waals surface area (Å²) in [5, 5.41) is 2.62. The second kappa shape index (κ2) is 10.1. The predicted molar refractivity (Wildman–Crippen MR) is 133 cm³/mol. The largest absolute Gasteiger partial charge is 0.439 e. The molecule has 2 fully saturated rings. The van der Waals surface area contributed by atoms with E-state index in [1.165, 1.54) is 11.8 Å². The lowest BCUT2D eigenvalue weighted by molar-refractivity contribution is -0.129. The number of aromatic nitrogens is 2. The lowest BCUT2D eigenvalue weighted by atomic mass is 9.98. The van der Waals surface area contributed by atoms with Gasteiger partial charge in [-0.3, -0.25) is 9.69 Å². The molecule has 0 spiro atoms. The molecule has 2 amide bonds. The number of rotatable bonds is 6. The molecule has 3 aromatic rings. The van der Waals surface area contributed by atoms with Gasteiger partial charge >= 0.3 is 6.09 Å². The molecule has 176 valence electrons. The molecule has 34 heavy (non-hydrogen) atoms. The van der Waals surface area contributed by atoms with E-state index >= 15 is 0 Å². The van der Waals surface area contributed by atoms with E-state index in [2.05, 4.69) is 9.97 Å². The highest BCUT2D eigenvalue weighted by Crippen LogP contribution is 2.36. The molecule has 2 aliphatic heterocycles. The number of thiophene rings is 1. The van der Waals surface area contributed by atoms with Crippen LogP contribution in [0.15, 0.2) is 65.3 Å². The third-order valence-electron chi connectivity index (χ3n) is 6.39. The molecular formula is C25H26N4O3S2. The van der Waals surface area contributed by atoms with Crippen LogP contribution < -0.4 is 0 Å². The molecule has 2 aliphatic rings. The predicted octanol–water partition coefficient (Wildman–Crippen LogP) is 4.87. The van der Waals surface area contributed by atoms with Crippen molar-refractivity contribution in [2.24, 2.45) is 0 Å². The zero-order valence-electron chi connectivity index (χ0n) is 18.9. The average molecular weight is 495 g/mol. The first-order valence-corrected chi connectivity index (χ1v) is 13.3. The van der Waals surface area contributed by atoms with Crippen molar-refractivity contribution in [3.05, 3.63) is 65.7 Å². The van der Waals surface area contributed by atoms with Crippen molar-refractivity contribution in [1.82, 2.24) is 19.8 Å². The first-order valence-electron chi connectivity index (χ1n) is 11.4. The number of amides is 2. The van der Waals surface area contributed by atoms with Crippen LogP contribution in [0.4, 0.5) is 4.79 Å². The molecule has 2 aromatic heterocycles. The van der Waals surface area contributed by atoms with Crippen LogP contribution in [0.5, 0.6) is 0 Å². The van der Waals surface area contributed by atoms with Crippen LogP contribution in [0, 0.1) is 0 Å². The van der Waals surface area contributed by atoms with Crippen molar-refractivity contribution in [3.63, 3.8) is 0 Å². The molecule has 1 aromatic carbocycles. The first-order chi connectivity index (χ1) is 16.6. The van der Waals surface area contributed by atoms with Gasteiger partial charge in [0.05, 0.1) is 22.4 Å². The minimum Gasteiger partial charge on any atom is -0.439 e. The van der Waals surface area contributed by atoms with E-state index in [0.717, 1.165) is 29.0 Å². The third-order valence-corrected chi connectivity index (χ3v) is 8.12. The average Bonchev–Trinajstić information content (AvgIpc) is 3.52. The number of hydrogen-bond acceptors (Lipinski definition) is 7. The standard InChI is InChI=1S/C25H26N4O3S2/c1-17-23(18-6-3-2-4-7-18)32-25(31)29(17)19-10-13-28(14-11-19)22(30)16-34-24-26-12-9-20(27-24)21-8-5-15-33-21/h2-9,12,15,17,19,23H,10-11,13-14,16H2,1H3. The van der Waals surface area contributed by atoms with E-state index in [9.17, 15) is 9.59 Å². The third kappa shape index (κ3) is 4.81. The fourth-order valence-electron chi connectivity index (χ4n) is 4.63. The van der Waals surface area contributed by atoms with Gasteiger partial charge in [0, 0.05) is 25.3 Å². The van der Waals surface area contributed by atoms with Crippen molar-refractivity contribution in [3.8, 4) is 10.6 Å². The number of benzene rings is 1. The van der Waals surface area contributed by atoms with E-state index in [0.29, 0.717) is 24.0 Å². The van der Waals surface area contributed by atoms with Crippen molar-refractivity contribution in [1.29, 1.82) is 0 Å². The van der Waals surface area contributed by atoms with Gasteiger partial charge in [-0.1, -0.05) is 48.2 Å². The molecule has 4 heterocycles. The summed E-state index contributed by atoms with van der Waals surface area (Å²) in [5.41, 5.74) is 1.89. The Labute approximate surface area is 207 Å². The zero-order chi connectivity index (χ0) is 23.5. The van der Waals surface area contributed by atoms with Crippen molar-refractivity contribution < 1.29 is 14.3 Å². The molecular weight excluding hydrogens is 468 g/mol. The Balaban J connectivity index is 1.14. The summed E-state index contributed by atoms with van der Waals surface area (Å²) >= 11 is 2.99. The van der Waals surface area contributed by atoms with E-state index < -0.39 is 0 Å². The van der Waals surface area contributed by atoms with E-state index in [1.54, 1.807) is 17.5 Å². The van der Waals surface area contributed by atoms with Gasteiger partial charge in [-0.25, -0.2) is 14.8 Å². The molecule has 5 rings (SSSR count). The summed E-state index contributed by atoms with van der Waals surface area (Å²) in [6.45, 7) is 3.31. The number of thioether (sulfide) groups is 1. The number of carbonyl (C=O) groups excluding carboxylic acids is 2. The number of piperidine rings is 1. The SMILES string of the molecule is CC1C(c2ccccc2)OC(=O)N1C1CCN(C(=O)CSc2nccc(-c3cccs3)n2)CC1. The summed E-state index contributed by atoms with van der Waals surface area (Å²) in [6, 6.07) is 15.8. The molecule has 7 nitrogen and oxygen atoms in total. The summed E-state index contributed by atoms with van der Waals surface area (Å²) in [7, 11) is 0. The van der Waals surface area contributed by atoms with E-state index in [1.807, 2.05) is 70.6 Å². The van der Waals surface area contributed by atoms with Gasteiger partial charge in [0.15, 0.2) is 5.16 Å². The number of hydrogen-bond donors (Lipinski definition) is 0.